The van der Waals surface area contributed by atoms with E-state index in [1.807, 2.05) is 6.07 Å². The number of aromatic nitrogens is 2. The van der Waals surface area contributed by atoms with Crippen LogP contribution in [0.2, 0.25) is 0 Å². The van der Waals surface area contributed by atoms with Crippen LogP contribution < -0.4 is 0 Å². The van der Waals surface area contributed by atoms with Crippen molar-refractivity contribution >= 4 is 17.0 Å². The highest BCUT2D eigenvalue weighted by Gasteiger charge is 2.17. The molecule has 0 aliphatic rings. The van der Waals surface area contributed by atoms with E-state index in [1.54, 1.807) is 12.1 Å². The van der Waals surface area contributed by atoms with Crippen molar-refractivity contribution in [3.05, 3.63) is 29.6 Å². The third kappa shape index (κ3) is 3.09. The summed E-state index contributed by atoms with van der Waals surface area (Å²) in [5, 5.41) is 9.12. The highest BCUT2D eigenvalue weighted by molar-refractivity contribution is 5.92. The van der Waals surface area contributed by atoms with E-state index in [9.17, 15) is 4.79 Å². The van der Waals surface area contributed by atoms with Gasteiger partial charge in [0.1, 0.15) is 5.82 Å². The van der Waals surface area contributed by atoms with Crippen molar-refractivity contribution in [2.24, 2.45) is 5.92 Å². The molecule has 1 aromatic heterocycles. The quantitative estimate of drug-likeness (QED) is 0.862. The minimum Gasteiger partial charge on any atom is -0.478 e. The third-order valence-corrected chi connectivity index (χ3v) is 4.14. The number of aromatic carboxylic acids is 1. The Morgan fingerprint density at radius 3 is 2.48 bits per heavy atom. The highest BCUT2D eigenvalue weighted by Crippen LogP contribution is 2.25. The average Bonchev–Trinajstić information content (AvgIpc) is 2.82. The van der Waals surface area contributed by atoms with Crippen molar-refractivity contribution in [2.45, 2.75) is 53.0 Å². The first-order valence-electron chi connectivity index (χ1n) is 7.71. The fourth-order valence-electron chi connectivity index (χ4n) is 2.72. The molecule has 0 unspecified atom stereocenters. The molecule has 0 amide bonds. The van der Waals surface area contributed by atoms with Gasteiger partial charge in [0.2, 0.25) is 0 Å². The highest BCUT2D eigenvalue weighted by atomic mass is 16.4. The summed E-state index contributed by atoms with van der Waals surface area (Å²) in [5.74, 6) is 1.08. The van der Waals surface area contributed by atoms with E-state index in [0.29, 0.717) is 17.4 Å². The van der Waals surface area contributed by atoms with E-state index in [1.165, 1.54) is 0 Å². The molecule has 4 nitrogen and oxygen atoms in total. The summed E-state index contributed by atoms with van der Waals surface area (Å²) in [5.41, 5.74) is 2.12. The zero-order valence-electron chi connectivity index (χ0n) is 13.3. The van der Waals surface area contributed by atoms with Gasteiger partial charge >= 0.3 is 5.97 Å². The molecule has 0 spiro atoms. The standard InChI is InChI=1S/C17H24N2O2/c1-5-12(6-2)10-19-15-8-7-13(17(20)21)9-14(15)18-16(19)11(3)4/h7-9,11-12H,5-6,10H2,1-4H3,(H,20,21). The first-order chi connectivity index (χ1) is 9.97. The molecular weight excluding hydrogens is 264 g/mol. The fourth-order valence-corrected chi connectivity index (χ4v) is 2.72. The minimum atomic E-state index is -0.905. The van der Waals surface area contributed by atoms with Crippen molar-refractivity contribution in [2.75, 3.05) is 0 Å². The molecule has 114 valence electrons. The second-order valence-corrected chi connectivity index (χ2v) is 5.93. The number of carboxylic acids is 1. The maximum atomic E-state index is 11.1. The van der Waals surface area contributed by atoms with Crippen molar-refractivity contribution in [1.29, 1.82) is 0 Å². The van der Waals surface area contributed by atoms with Gasteiger partial charge in [-0.1, -0.05) is 40.5 Å². The molecule has 1 aromatic carbocycles. The van der Waals surface area contributed by atoms with E-state index in [2.05, 4.69) is 37.2 Å². The van der Waals surface area contributed by atoms with Gasteiger partial charge in [-0.3, -0.25) is 0 Å². The Morgan fingerprint density at radius 1 is 1.29 bits per heavy atom. The SMILES string of the molecule is CCC(CC)Cn1c(C(C)C)nc2cc(C(=O)O)ccc21. The molecule has 2 rings (SSSR count). The van der Waals surface area contributed by atoms with Gasteiger partial charge in [-0.05, 0) is 24.1 Å². The number of hydrogen-bond donors (Lipinski definition) is 1. The Hall–Kier alpha value is -1.84. The Morgan fingerprint density at radius 2 is 1.95 bits per heavy atom. The topological polar surface area (TPSA) is 55.1 Å². The first-order valence-corrected chi connectivity index (χ1v) is 7.71. The normalized spacial score (nSPS) is 11.7. The molecule has 0 bridgehead atoms. The molecular formula is C17H24N2O2. The molecule has 1 heterocycles. The number of imidazole rings is 1. The van der Waals surface area contributed by atoms with Crippen LogP contribution in [0.1, 0.15) is 62.6 Å². The predicted molar refractivity (Wildman–Crippen MR) is 84.9 cm³/mol. The van der Waals surface area contributed by atoms with Crippen molar-refractivity contribution in [3.8, 4) is 0 Å². The van der Waals surface area contributed by atoms with Crippen LogP contribution in [0.4, 0.5) is 0 Å². The molecule has 0 atom stereocenters. The van der Waals surface area contributed by atoms with Crippen LogP contribution in [-0.2, 0) is 6.54 Å². The van der Waals surface area contributed by atoms with Crippen molar-refractivity contribution < 1.29 is 9.90 Å². The molecule has 4 heteroatoms. The van der Waals surface area contributed by atoms with Crippen LogP contribution in [0.3, 0.4) is 0 Å². The van der Waals surface area contributed by atoms with Gasteiger partial charge in [-0.2, -0.15) is 0 Å². The Labute approximate surface area is 125 Å². The Balaban J connectivity index is 2.55. The smallest absolute Gasteiger partial charge is 0.335 e. The van der Waals surface area contributed by atoms with Gasteiger partial charge in [0, 0.05) is 12.5 Å². The van der Waals surface area contributed by atoms with Crippen molar-refractivity contribution in [3.63, 3.8) is 0 Å². The number of benzene rings is 1. The number of fused-ring (bicyclic) bond motifs is 1. The molecule has 0 saturated heterocycles. The van der Waals surface area contributed by atoms with E-state index in [-0.39, 0.29) is 0 Å². The zero-order chi connectivity index (χ0) is 15.6. The molecule has 0 aliphatic carbocycles. The summed E-state index contributed by atoms with van der Waals surface area (Å²) in [6, 6.07) is 5.23. The number of carboxylic acid groups (broad SMARTS) is 1. The zero-order valence-corrected chi connectivity index (χ0v) is 13.3. The van der Waals surface area contributed by atoms with Gasteiger partial charge in [-0.25, -0.2) is 9.78 Å². The number of nitrogens with zero attached hydrogens (tertiary/aromatic N) is 2. The van der Waals surface area contributed by atoms with Crippen LogP contribution in [0, 0.1) is 5.92 Å². The molecule has 0 fully saturated rings. The van der Waals surface area contributed by atoms with E-state index < -0.39 is 5.97 Å². The number of carbonyl (C=O) groups is 1. The minimum absolute atomic E-state index is 0.296. The number of rotatable bonds is 6. The summed E-state index contributed by atoms with van der Waals surface area (Å²) in [7, 11) is 0. The van der Waals surface area contributed by atoms with Crippen LogP contribution >= 0.6 is 0 Å². The van der Waals surface area contributed by atoms with Crippen LogP contribution in [0.25, 0.3) is 11.0 Å². The second-order valence-electron chi connectivity index (χ2n) is 5.93. The van der Waals surface area contributed by atoms with E-state index >= 15 is 0 Å². The van der Waals surface area contributed by atoms with E-state index in [4.69, 9.17) is 5.11 Å². The summed E-state index contributed by atoms with van der Waals surface area (Å²) in [6.07, 6.45) is 2.28. The van der Waals surface area contributed by atoms with E-state index in [0.717, 1.165) is 36.2 Å². The maximum Gasteiger partial charge on any atom is 0.335 e. The van der Waals surface area contributed by atoms with Gasteiger partial charge in [-0.15, -0.1) is 0 Å². The lowest BCUT2D eigenvalue weighted by Crippen LogP contribution is -2.13. The lowest BCUT2D eigenvalue weighted by Gasteiger charge is -2.17. The third-order valence-electron chi connectivity index (χ3n) is 4.14. The maximum absolute atomic E-state index is 11.1. The summed E-state index contributed by atoms with van der Waals surface area (Å²) in [4.78, 5) is 15.8. The lowest BCUT2D eigenvalue weighted by atomic mass is 10.0. The summed E-state index contributed by atoms with van der Waals surface area (Å²) >= 11 is 0. The molecule has 1 N–H and O–H groups in total. The molecule has 2 aromatic rings. The molecule has 0 saturated carbocycles. The monoisotopic (exact) mass is 288 g/mol. The van der Waals surface area contributed by atoms with Crippen LogP contribution in [0.5, 0.6) is 0 Å². The molecule has 0 radical (unpaired) electrons. The Bertz CT molecular complexity index is 640. The predicted octanol–water partition coefficient (Wildman–Crippen LogP) is 4.29. The Kier molecular flexibility index (Phi) is 4.66. The lowest BCUT2D eigenvalue weighted by molar-refractivity contribution is 0.0697. The van der Waals surface area contributed by atoms with Crippen molar-refractivity contribution in [1.82, 2.24) is 9.55 Å². The second kappa shape index (κ2) is 6.29. The van der Waals surface area contributed by atoms with Gasteiger partial charge in [0.05, 0.1) is 16.6 Å². The van der Waals surface area contributed by atoms with Gasteiger partial charge in [0.15, 0.2) is 0 Å². The average molecular weight is 288 g/mol. The molecule has 0 aliphatic heterocycles. The molecule has 21 heavy (non-hydrogen) atoms. The van der Waals surface area contributed by atoms with Gasteiger partial charge < -0.3 is 9.67 Å². The van der Waals surface area contributed by atoms with Gasteiger partial charge in [0.25, 0.3) is 0 Å². The fraction of sp³-hybridized carbons (Fsp3) is 0.529. The van der Waals surface area contributed by atoms with Crippen LogP contribution in [0.15, 0.2) is 18.2 Å². The summed E-state index contributed by atoms with van der Waals surface area (Å²) in [6.45, 7) is 9.63. The largest absolute Gasteiger partial charge is 0.478 e. The number of hydrogen-bond acceptors (Lipinski definition) is 2. The van der Waals surface area contributed by atoms with Crippen LogP contribution in [-0.4, -0.2) is 20.6 Å². The summed E-state index contributed by atoms with van der Waals surface area (Å²) < 4.78 is 2.27. The first kappa shape index (κ1) is 15.5.